The molecule has 0 unspecified atom stereocenters. The minimum Gasteiger partial charge on any atom is -0.354 e. The number of hydrogen-bond donors (Lipinski definition) is 3. The summed E-state index contributed by atoms with van der Waals surface area (Å²) in [5.41, 5.74) is 0.153. The lowest BCUT2D eigenvalue weighted by atomic mass is 10.1. The average Bonchev–Trinajstić information content (AvgIpc) is 3.04. The normalized spacial score (nSPS) is 16.2. The minimum absolute atomic E-state index is 0.0515. The largest absolute Gasteiger partial charge is 0.354 e. The van der Waals surface area contributed by atoms with Crippen LogP contribution in [0.4, 0.5) is 4.79 Å². The van der Waals surface area contributed by atoms with E-state index >= 15 is 0 Å². The van der Waals surface area contributed by atoms with E-state index in [4.69, 9.17) is 0 Å². The molecule has 0 bridgehead atoms. The van der Waals surface area contributed by atoms with E-state index in [-0.39, 0.29) is 17.4 Å². The zero-order valence-electron chi connectivity index (χ0n) is 10.5. The Morgan fingerprint density at radius 3 is 2.29 bits per heavy atom. The van der Waals surface area contributed by atoms with Crippen LogP contribution in [0.5, 0.6) is 0 Å². The Morgan fingerprint density at radius 2 is 1.82 bits per heavy atom. The van der Waals surface area contributed by atoms with Gasteiger partial charge < -0.3 is 15.5 Å². The molecule has 1 saturated carbocycles. The molecule has 1 aliphatic carbocycles. The highest BCUT2D eigenvalue weighted by Gasteiger charge is 2.42. The van der Waals surface area contributed by atoms with Crippen molar-refractivity contribution in [2.24, 2.45) is 5.41 Å². The Morgan fingerprint density at radius 1 is 1.24 bits per heavy atom. The van der Waals surface area contributed by atoms with E-state index < -0.39 is 0 Å². The zero-order valence-corrected chi connectivity index (χ0v) is 11.3. The molecule has 1 fully saturated rings. The summed E-state index contributed by atoms with van der Waals surface area (Å²) >= 11 is 4.25. The number of urea groups is 1. The number of nitrogens with zero attached hydrogens (tertiary/aromatic N) is 1. The summed E-state index contributed by atoms with van der Waals surface area (Å²) in [5, 5.41) is 5.49. The highest BCUT2D eigenvalue weighted by Crippen LogP contribution is 2.49. The first-order chi connectivity index (χ1) is 7.99. The van der Waals surface area contributed by atoms with Crippen molar-refractivity contribution in [3.05, 3.63) is 0 Å². The van der Waals surface area contributed by atoms with Crippen LogP contribution in [0.2, 0.25) is 0 Å². The predicted molar refractivity (Wildman–Crippen MR) is 70.2 cm³/mol. The van der Waals surface area contributed by atoms with Crippen molar-refractivity contribution in [2.45, 2.75) is 19.3 Å². The van der Waals surface area contributed by atoms with E-state index in [0.29, 0.717) is 19.5 Å². The van der Waals surface area contributed by atoms with Crippen LogP contribution >= 0.6 is 12.6 Å². The standard InChI is InChI=1S/C11H21N3O2S/c1-14(2)10(16)13-6-5-12-9(15)7-11(8-17)3-4-11/h17H,3-8H2,1-2H3,(H,12,15)(H,13,16). The molecule has 98 valence electrons. The zero-order chi connectivity index (χ0) is 12.9. The van der Waals surface area contributed by atoms with E-state index in [0.717, 1.165) is 18.6 Å². The van der Waals surface area contributed by atoms with E-state index in [1.54, 1.807) is 14.1 Å². The van der Waals surface area contributed by atoms with Crippen LogP contribution in [0.3, 0.4) is 0 Å². The van der Waals surface area contributed by atoms with Crippen molar-refractivity contribution in [1.29, 1.82) is 0 Å². The number of carbonyl (C=O) groups excluding carboxylic acids is 2. The van der Waals surface area contributed by atoms with E-state index in [1.807, 2.05) is 0 Å². The van der Waals surface area contributed by atoms with Gasteiger partial charge in [0.1, 0.15) is 0 Å². The van der Waals surface area contributed by atoms with E-state index in [1.165, 1.54) is 4.90 Å². The molecule has 0 radical (unpaired) electrons. The molecule has 0 aromatic rings. The van der Waals surface area contributed by atoms with Crippen LogP contribution < -0.4 is 10.6 Å². The van der Waals surface area contributed by atoms with Crippen molar-refractivity contribution in [2.75, 3.05) is 32.9 Å². The number of carbonyl (C=O) groups is 2. The maximum Gasteiger partial charge on any atom is 0.316 e. The molecule has 1 rings (SSSR count). The second kappa shape index (κ2) is 6.14. The van der Waals surface area contributed by atoms with Gasteiger partial charge in [-0.3, -0.25) is 4.79 Å². The van der Waals surface area contributed by atoms with Crippen LogP contribution in [0, 0.1) is 5.41 Å². The molecule has 0 aliphatic heterocycles. The fraction of sp³-hybridized carbons (Fsp3) is 0.818. The lowest BCUT2D eigenvalue weighted by Crippen LogP contribution is -2.40. The summed E-state index contributed by atoms with van der Waals surface area (Å²) in [6.45, 7) is 0.928. The van der Waals surface area contributed by atoms with Crippen LogP contribution in [0.15, 0.2) is 0 Å². The third kappa shape index (κ3) is 4.85. The van der Waals surface area contributed by atoms with Crippen molar-refractivity contribution >= 4 is 24.6 Å². The SMILES string of the molecule is CN(C)C(=O)NCCNC(=O)CC1(CS)CC1. The smallest absolute Gasteiger partial charge is 0.316 e. The summed E-state index contributed by atoms with van der Waals surface area (Å²) < 4.78 is 0. The number of amides is 3. The van der Waals surface area contributed by atoms with Crippen molar-refractivity contribution in [3.8, 4) is 0 Å². The summed E-state index contributed by atoms with van der Waals surface area (Å²) in [4.78, 5) is 24.2. The Balaban J connectivity index is 2.07. The van der Waals surface area contributed by atoms with E-state index in [9.17, 15) is 9.59 Å². The monoisotopic (exact) mass is 259 g/mol. The van der Waals surface area contributed by atoms with Gasteiger partial charge in [-0.05, 0) is 24.0 Å². The van der Waals surface area contributed by atoms with Gasteiger partial charge in [0.25, 0.3) is 0 Å². The molecule has 0 aromatic carbocycles. The number of rotatable bonds is 6. The van der Waals surface area contributed by atoms with E-state index in [2.05, 4.69) is 23.3 Å². The first-order valence-electron chi connectivity index (χ1n) is 5.82. The van der Waals surface area contributed by atoms with Gasteiger partial charge in [-0.2, -0.15) is 12.6 Å². The highest BCUT2D eigenvalue weighted by molar-refractivity contribution is 7.80. The third-order valence-electron chi connectivity index (χ3n) is 2.96. The molecule has 5 nitrogen and oxygen atoms in total. The molecule has 0 aromatic heterocycles. The summed E-state index contributed by atoms with van der Waals surface area (Å²) in [7, 11) is 3.36. The van der Waals surface area contributed by atoms with Crippen LogP contribution in [0.1, 0.15) is 19.3 Å². The Labute approximate surface area is 108 Å². The molecule has 0 saturated heterocycles. The topological polar surface area (TPSA) is 61.4 Å². The van der Waals surface area contributed by atoms with Gasteiger partial charge in [0.15, 0.2) is 0 Å². The second-order valence-corrected chi connectivity index (χ2v) is 5.13. The molecule has 6 heteroatoms. The number of hydrogen-bond acceptors (Lipinski definition) is 3. The Bertz CT molecular complexity index is 290. The molecule has 0 heterocycles. The molecule has 1 aliphatic rings. The van der Waals surface area contributed by atoms with Gasteiger partial charge in [0.05, 0.1) is 0 Å². The maximum atomic E-state index is 11.6. The fourth-order valence-corrected chi connectivity index (χ4v) is 1.93. The lowest BCUT2D eigenvalue weighted by molar-refractivity contribution is -0.122. The Kier molecular flexibility index (Phi) is 5.11. The van der Waals surface area contributed by atoms with Crippen molar-refractivity contribution < 1.29 is 9.59 Å². The summed E-state index contributed by atoms with van der Waals surface area (Å²) in [6.07, 6.45) is 2.75. The van der Waals surface area contributed by atoms with Gasteiger partial charge >= 0.3 is 6.03 Å². The molecule has 0 atom stereocenters. The second-order valence-electron chi connectivity index (χ2n) is 4.81. The van der Waals surface area contributed by atoms with Crippen LogP contribution in [-0.2, 0) is 4.79 Å². The third-order valence-corrected chi connectivity index (χ3v) is 3.63. The molecule has 2 N–H and O–H groups in total. The Hall–Kier alpha value is -0.910. The van der Waals surface area contributed by atoms with Gasteiger partial charge in [-0.25, -0.2) is 4.79 Å². The van der Waals surface area contributed by atoms with Crippen molar-refractivity contribution in [1.82, 2.24) is 15.5 Å². The summed E-state index contributed by atoms with van der Waals surface area (Å²) in [6, 6.07) is -0.145. The fourth-order valence-electron chi connectivity index (χ4n) is 1.50. The first kappa shape index (κ1) is 14.2. The minimum atomic E-state index is -0.145. The lowest BCUT2D eigenvalue weighted by Gasteiger charge is -2.13. The number of nitrogens with one attached hydrogen (secondary N) is 2. The molecule has 0 spiro atoms. The first-order valence-corrected chi connectivity index (χ1v) is 6.45. The van der Waals surface area contributed by atoms with Crippen LogP contribution in [0.25, 0.3) is 0 Å². The quantitative estimate of drug-likeness (QED) is 0.480. The predicted octanol–water partition coefficient (Wildman–Crippen LogP) is 0.474. The summed E-state index contributed by atoms with van der Waals surface area (Å²) in [5.74, 6) is 0.827. The van der Waals surface area contributed by atoms with Gasteiger partial charge in [0, 0.05) is 33.6 Å². The molecular formula is C11H21N3O2S. The van der Waals surface area contributed by atoms with Gasteiger partial charge in [-0.15, -0.1) is 0 Å². The van der Waals surface area contributed by atoms with Gasteiger partial charge in [-0.1, -0.05) is 0 Å². The van der Waals surface area contributed by atoms with Gasteiger partial charge in [0.2, 0.25) is 5.91 Å². The molecule has 17 heavy (non-hydrogen) atoms. The van der Waals surface area contributed by atoms with Crippen LogP contribution in [-0.4, -0.2) is 49.8 Å². The van der Waals surface area contributed by atoms with Crippen molar-refractivity contribution in [3.63, 3.8) is 0 Å². The average molecular weight is 259 g/mol. The molecular weight excluding hydrogens is 238 g/mol. The highest BCUT2D eigenvalue weighted by atomic mass is 32.1. The molecule has 3 amide bonds. The maximum absolute atomic E-state index is 11.6. The number of thiol groups is 1.